The zero-order valence-corrected chi connectivity index (χ0v) is 27.6. The Kier molecular flexibility index (Phi) is 10.6. The number of amides is 1. The van der Waals surface area contributed by atoms with Crippen LogP contribution < -0.4 is 5.32 Å². The molecule has 0 spiro atoms. The Labute approximate surface area is 270 Å². The van der Waals surface area contributed by atoms with Crippen molar-refractivity contribution >= 4 is 18.0 Å². The van der Waals surface area contributed by atoms with Gasteiger partial charge in [-0.15, -0.1) is 0 Å². The van der Waals surface area contributed by atoms with Crippen LogP contribution in [0.5, 0.6) is 0 Å². The summed E-state index contributed by atoms with van der Waals surface area (Å²) in [4.78, 5) is 42.6. The number of hydrogen-bond acceptors (Lipinski definition) is 6. The molecule has 0 fully saturated rings. The minimum atomic E-state index is -0.972. The summed E-state index contributed by atoms with van der Waals surface area (Å²) in [5.41, 5.74) is 7.21. The van der Waals surface area contributed by atoms with Crippen molar-refractivity contribution in [2.75, 3.05) is 0 Å². The van der Waals surface area contributed by atoms with Crippen molar-refractivity contribution in [3.8, 4) is 22.3 Å². The SMILES string of the molecule is Cc1ccc(-c2c(CNC(=O)OC(C)(C)C)c(CC(C)C)nc(C)c2C(=O)OCc2ccc(-c3ccc(C(=O)O)cc3)cc2)cc1. The topological polar surface area (TPSA) is 115 Å². The molecule has 0 saturated carbocycles. The molecule has 8 heteroatoms. The molecule has 240 valence electrons. The van der Waals surface area contributed by atoms with Crippen LogP contribution in [0.15, 0.2) is 72.8 Å². The van der Waals surface area contributed by atoms with E-state index in [2.05, 4.69) is 19.2 Å². The van der Waals surface area contributed by atoms with Gasteiger partial charge in [-0.3, -0.25) is 4.98 Å². The molecular weight excluding hydrogens is 580 g/mol. The highest BCUT2D eigenvalue weighted by Crippen LogP contribution is 2.34. The highest BCUT2D eigenvalue weighted by atomic mass is 16.6. The molecular formula is C38H42N2O6. The Bertz CT molecular complexity index is 1700. The number of carboxylic acids is 1. The number of rotatable bonds is 10. The quantitative estimate of drug-likeness (QED) is 0.171. The molecule has 46 heavy (non-hydrogen) atoms. The maximum absolute atomic E-state index is 13.9. The fraction of sp³-hybridized carbons (Fsp3) is 0.316. The van der Waals surface area contributed by atoms with E-state index in [9.17, 15) is 14.4 Å². The van der Waals surface area contributed by atoms with E-state index in [-0.39, 0.29) is 24.6 Å². The van der Waals surface area contributed by atoms with E-state index in [1.807, 2.05) is 83.1 Å². The lowest BCUT2D eigenvalue weighted by atomic mass is 9.89. The maximum atomic E-state index is 13.9. The average Bonchev–Trinajstić information content (AvgIpc) is 2.98. The number of carbonyl (C=O) groups excluding carboxylic acids is 2. The molecule has 0 atom stereocenters. The summed E-state index contributed by atoms with van der Waals surface area (Å²) in [5.74, 6) is -1.20. The van der Waals surface area contributed by atoms with Crippen LogP contribution >= 0.6 is 0 Å². The first kappa shape index (κ1) is 33.9. The summed E-state index contributed by atoms with van der Waals surface area (Å²) < 4.78 is 11.4. The summed E-state index contributed by atoms with van der Waals surface area (Å²) in [5, 5.41) is 12.0. The van der Waals surface area contributed by atoms with Gasteiger partial charge in [0.2, 0.25) is 0 Å². The Balaban J connectivity index is 1.66. The number of aromatic nitrogens is 1. The number of hydrogen-bond donors (Lipinski definition) is 2. The molecule has 0 radical (unpaired) electrons. The lowest BCUT2D eigenvalue weighted by Gasteiger charge is -2.23. The van der Waals surface area contributed by atoms with Gasteiger partial charge < -0.3 is 19.9 Å². The van der Waals surface area contributed by atoms with Gasteiger partial charge in [0.25, 0.3) is 0 Å². The fourth-order valence-corrected chi connectivity index (χ4v) is 5.13. The van der Waals surface area contributed by atoms with Crippen LogP contribution in [0.4, 0.5) is 4.79 Å². The molecule has 0 saturated heterocycles. The largest absolute Gasteiger partial charge is 0.478 e. The average molecular weight is 623 g/mol. The van der Waals surface area contributed by atoms with Crippen LogP contribution in [0.25, 0.3) is 22.3 Å². The van der Waals surface area contributed by atoms with Crippen molar-refractivity contribution in [1.82, 2.24) is 10.3 Å². The summed E-state index contributed by atoms with van der Waals surface area (Å²) >= 11 is 0. The molecule has 0 aliphatic carbocycles. The van der Waals surface area contributed by atoms with Crippen molar-refractivity contribution in [3.63, 3.8) is 0 Å². The first-order valence-corrected chi connectivity index (χ1v) is 15.4. The molecule has 0 bridgehead atoms. The molecule has 8 nitrogen and oxygen atoms in total. The van der Waals surface area contributed by atoms with Crippen LogP contribution in [0, 0.1) is 19.8 Å². The number of carbonyl (C=O) groups is 3. The van der Waals surface area contributed by atoms with E-state index >= 15 is 0 Å². The highest BCUT2D eigenvalue weighted by Gasteiger charge is 2.26. The van der Waals surface area contributed by atoms with E-state index in [0.717, 1.165) is 39.1 Å². The smallest absolute Gasteiger partial charge is 0.407 e. The molecule has 3 aromatic carbocycles. The molecule has 0 unspecified atom stereocenters. The van der Waals surface area contributed by atoms with Crippen molar-refractivity contribution < 1.29 is 29.0 Å². The number of aromatic carboxylic acids is 1. The van der Waals surface area contributed by atoms with Gasteiger partial charge in [0, 0.05) is 23.4 Å². The molecule has 4 aromatic rings. The zero-order chi connectivity index (χ0) is 33.6. The molecule has 2 N–H and O–H groups in total. The predicted molar refractivity (Wildman–Crippen MR) is 179 cm³/mol. The van der Waals surface area contributed by atoms with Gasteiger partial charge in [-0.25, -0.2) is 14.4 Å². The fourth-order valence-electron chi connectivity index (χ4n) is 5.13. The van der Waals surface area contributed by atoms with Crippen molar-refractivity contribution in [2.24, 2.45) is 5.92 Å². The van der Waals surface area contributed by atoms with E-state index in [4.69, 9.17) is 19.6 Å². The van der Waals surface area contributed by atoms with E-state index in [1.54, 1.807) is 24.3 Å². The van der Waals surface area contributed by atoms with Gasteiger partial charge >= 0.3 is 18.0 Å². The normalized spacial score (nSPS) is 11.3. The second kappa shape index (κ2) is 14.4. The second-order valence-corrected chi connectivity index (χ2v) is 12.8. The molecule has 1 amide bonds. The number of alkyl carbamates (subject to hydrolysis) is 1. The van der Waals surface area contributed by atoms with Crippen molar-refractivity contribution in [1.29, 1.82) is 0 Å². The van der Waals surface area contributed by atoms with Gasteiger partial charge in [-0.2, -0.15) is 0 Å². The number of benzene rings is 3. The van der Waals surface area contributed by atoms with Crippen LogP contribution in [-0.2, 0) is 29.0 Å². The first-order valence-electron chi connectivity index (χ1n) is 15.4. The Hall–Kier alpha value is -4.98. The van der Waals surface area contributed by atoms with Gasteiger partial charge in [0.15, 0.2) is 0 Å². The Morgan fingerprint density at radius 2 is 1.41 bits per heavy atom. The molecule has 1 heterocycles. The first-order chi connectivity index (χ1) is 21.7. The number of esters is 1. The highest BCUT2D eigenvalue weighted by molar-refractivity contribution is 5.99. The third-order valence-corrected chi connectivity index (χ3v) is 7.31. The minimum absolute atomic E-state index is 0.0447. The number of ether oxygens (including phenoxy) is 2. The van der Waals surface area contributed by atoms with Gasteiger partial charge in [-0.05, 0) is 81.3 Å². The van der Waals surface area contributed by atoms with Crippen molar-refractivity contribution in [3.05, 3.63) is 112 Å². The third-order valence-electron chi connectivity index (χ3n) is 7.31. The van der Waals surface area contributed by atoms with Gasteiger partial charge in [0.1, 0.15) is 12.2 Å². The second-order valence-electron chi connectivity index (χ2n) is 12.8. The Morgan fingerprint density at radius 1 is 0.848 bits per heavy atom. The third kappa shape index (κ3) is 8.81. The number of carboxylic acid groups (broad SMARTS) is 1. The minimum Gasteiger partial charge on any atom is -0.478 e. The number of aryl methyl sites for hydroxylation is 2. The van der Waals surface area contributed by atoms with Gasteiger partial charge in [0.05, 0.1) is 16.8 Å². The van der Waals surface area contributed by atoms with Crippen LogP contribution in [-0.4, -0.2) is 33.7 Å². The number of nitrogens with zero attached hydrogens (tertiary/aromatic N) is 1. The summed E-state index contributed by atoms with van der Waals surface area (Å²) in [7, 11) is 0. The number of pyridine rings is 1. The van der Waals surface area contributed by atoms with Gasteiger partial charge in [-0.1, -0.05) is 80.1 Å². The number of nitrogens with one attached hydrogen (secondary N) is 1. The molecule has 4 rings (SSSR count). The van der Waals surface area contributed by atoms with Crippen LogP contribution in [0.2, 0.25) is 0 Å². The van der Waals surface area contributed by atoms with E-state index in [1.165, 1.54) is 0 Å². The van der Waals surface area contributed by atoms with Crippen molar-refractivity contribution in [2.45, 2.75) is 73.6 Å². The van der Waals surface area contributed by atoms with Crippen LogP contribution in [0.1, 0.15) is 83.4 Å². The summed E-state index contributed by atoms with van der Waals surface area (Å²) in [6.07, 6.45) is 0.106. The lowest BCUT2D eigenvalue weighted by molar-refractivity contribution is 0.0471. The predicted octanol–water partition coefficient (Wildman–Crippen LogP) is 8.31. The monoisotopic (exact) mass is 622 g/mol. The molecule has 0 aliphatic heterocycles. The van der Waals surface area contributed by atoms with E-state index < -0.39 is 23.6 Å². The summed E-state index contributed by atoms with van der Waals surface area (Å²) in [6, 6.07) is 22.2. The maximum Gasteiger partial charge on any atom is 0.407 e. The molecule has 1 aromatic heterocycles. The zero-order valence-electron chi connectivity index (χ0n) is 27.6. The lowest BCUT2D eigenvalue weighted by Crippen LogP contribution is -2.32. The molecule has 0 aliphatic rings. The Morgan fingerprint density at radius 3 is 1.96 bits per heavy atom. The summed E-state index contributed by atoms with van der Waals surface area (Å²) in [6.45, 7) is 13.6. The van der Waals surface area contributed by atoms with Crippen LogP contribution in [0.3, 0.4) is 0 Å². The van der Waals surface area contributed by atoms with E-state index in [0.29, 0.717) is 23.2 Å². The standard InChI is InChI=1S/C38H42N2O6/c1-23(2)20-32-31(21-39-37(44)46-38(5,6)7)34(29-12-8-24(3)9-13-29)33(25(4)40-32)36(43)45-22-26-10-14-27(15-11-26)28-16-18-30(19-17-28)35(41)42/h8-19,23H,20-22H2,1-7H3,(H,39,44)(H,41,42).